The van der Waals surface area contributed by atoms with Gasteiger partial charge in [0.05, 0.1) is 4.70 Å². The molecule has 2 aliphatic heterocycles. The molecule has 3 aromatic rings. The molecule has 0 aliphatic carbocycles. The van der Waals surface area contributed by atoms with Crippen molar-refractivity contribution < 1.29 is 9.18 Å². The van der Waals surface area contributed by atoms with Crippen LogP contribution in [-0.4, -0.2) is 43.5 Å². The molecule has 0 radical (unpaired) electrons. The number of benzene rings is 2. The largest absolute Gasteiger partial charge is 0.368 e. The smallest absolute Gasteiger partial charge is 0.224 e. The Hall–Kier alpha value is -2.44. The fraction of sp³-hybridized carbons (Fsp3) is 0.348. The van der Waals surface area contributed by atoms with Crippen LogP contribution >= 0.6 is 11.3 Å². The maximum Gasteiger partial charge on any atom is 0.224 e. The standard InChI is InChI=1S/C23H24FN3OS/c24-19-4-5-21(18-8-14-29-23(18)19)27-12-10-26(11-13-27)9-7-16-1-2-17-3-6-22(28)25-20(17)15-16/h1-2,4-5,8,14-15H,3,6-7,9-13H2,(H,25,28). The fourth-order valence-electron chi connectivity index (χ4n) is 4.36. The van der Waals surface area contributed by atoms with Crippen molar-refractivity contribution >= 4 is 38.7 Å². The number of piperazine rings is 1. The van der Waals surface area contributed by atoms with Gasteiger partial charge in [-0.25, -0.2) is 4.39 Å². The molecule has 1 saturated heterocycles. The van der Waals surface area contributed by atoms with Gasteiger partial charge in [-0.3, -0.25) is 9.69 Å². The van der Waals surface area contributed by atoms with Gasteiger partial charge in [0.15, 0.2) is 0 Å². The van der Waals surface area contributed by atoms with E-state index in [0.29, 0.717) is 6.42 Å². The monoisotopic (exact) mass is 409 g/mol. The highest BCUT2D eigenvalue weighted by Gasteiger charge is 2.20. The van der Waals surface area contributed by atoms with Crippen LogP contribution in [0.5, 0.6) is 0 Å². The molecule has 1 N–H and O–H groups in total. The Bertz CT molecular complexity index is 1060. The number of carbonyl (C=O) groups is 1. The van der Waals surface area contributed by atoms with E-state index in [0.717, 1.165) is 67.0 Å². The first-order valence-corrected chi connectivity index (χ1v) is 11.1. The van der Waals surface area contributed by atoms with E-state index in [1.165, 1.54) is 22.5 Å². The Labute approximate surface area is 173 Å². The molecule has 150 valence electrons. The number of fused-ring (bicyclic) bond motifs is 2. The van der Waals surface area contributed by atoms with Gasteiger partial charge in [0, 0.05) is 55.9 Å². The first kappa shape index (κ1) is 18.6. The number of amides is 1. The molecule has 0 bridgehead atoms. The predicted octanol–water partition coefficient (Wildman–Crippen LogP) is 4.29. The number of halogens is 1. The normalized spacial score (nSPS) is 17.4. The number of nitrogens with one attached hydrogen (secondary N) is 1. The lowest BCUT2D eigenvalue weighted by Gasteiger charge is -2.36. The van der Waals surface area contributed by atoms with Gasteiger partial charge in [-0.2, -0.15) is 0 Å². The molecule has 0 spiro atoms. The summed E-state index contributed by atoms with van der Waals surface area (Å²) in [6.45, 7) is 4.93. The molecule has 0 unspecified atom stereocenters. The maximum atomic E-state index is 14.0. The summed E-state index contributed by atoms with van der Waals surface area (Å²) >= 11 is 1.47. The summed E-state index contributed by atoms with van der Waals surface area (Å²) in [4.78, 5) is 16.5. The zero-order chi connectivity index (χ0) is 19.8. The average Bonchev–Trinajstić information content (AvgIpc) is 3.24. The van der Waals surface area contributed by atoms with Crippen LogP contribution in [0.25, 0.3) is 10.1 Å². The van der Waals surface area contributed by atoms with E-state index in [9.17, 15) is 9.18 Å². The van der Waals surface area contributed by atoms with Crippen molar-refractivity contribution in [3.8, 4) is 0 Å². The summed E-state index contributed by atoms with van der Waals surface area (Å²) in [5.74, 6) is -0.00933. The molecule has 1 aromatic heterocycles. The van der Waals surface area contributed by atoms with Gasteiger partial charge in [0.25, 0.3) is 0 Å². The quantitative estimate of drug-likeness (QED) is 0.698. The van der Waals surface area contributed by atoms with Crippen LogP contribution in [-0.2, 0) is 17.6 Å². The Morgan fingerprint density at radius 3 is 2.76 bits per heavy atom. The average molecular weight is 410 g/mol. The molecular formula is C23H24FN3OS. The third-order valence-corrected chi connectivity index (χ3v) is 6.97. The van der Waals surface area contributed by atoms with Gasteiger partial charge in [-0.1, -0.05) is 12.1 Å². The number of hydrogen-bond acceptors (Lipinski definition) is 4. The molecule has 5 rings (SSSR count). The Balaban J connectivity index is 1.19. The van der Waals surface area contributed by atoms with E-state index >= 15 is 0 Å². The van der Waals surface area contributed by atoms with Gasteiger partial charge in [-0.15, -0.1) is 11.3 Å². The second-order valence-electron chi connectivity index (χ2n) is 7.85. The van der Waals surface area contributed by atoms with Crippen LogP contribution in [0.1, 0.15) is 17.5 Å². The van der Waals surface area contributed by atoms with Gasteiger partial charge in [0.1, 0.15) is 5.82 Å². The number of nitrogens with zero attached hydrogens (tertiary/aromatic N) is 2. The van der Waals surface area contributed by atoms with Crippen LogP contribution < -0.4 is 10.2 Å². The lowest BCUT2D eigenvalue weighted by atomic mass is 9.99. The van der Waals surface area contributed by atoms with E-state index in [1.54, 1.807) is 6.07 Å². The van der Waals surface area contributed by atoms with E-state index < -0.39 is 0 Å². The molecular weight excluding hydrogens is 385 g/mol. The topological polar surface area (TPSA) is 35.6 Å². The molecule has 29 heavy (non-hydrogen) atoms. The van der Waals surface area contributed by atoms with Crippen molar-refractivity contribution in [3.05, 3.63) is 58.7 Å². The Morgan fingerprint density at radius 2 is 1.90 bits per heavy atom. The number of carbonyl (C=O) groups excluding carboxylic acids is 1. The highest BCUT2D eigenvalue weighted by atomic mass is 32.1. The van der Waals surface area contributed by atoms with E-state index in [2.05, 4.69) is 33.3 Å². The molecule has 0 atom stereocenters. The van der Waals surface area contributed by atoms with Crippen molar-refractivity contribution in [1.29, 1.82) is 0 Å². The molecule has 2 aliphatic rings. The molecule has 0 saturated carbocycles. The number of anilines is 2. The summed E-state index contributed by atoms with van der Waals surface area (Å²) in [6, 6.07) is 12.0. The third-order valence-electron chi connectivity index (χ3n) is 6.05. The van der Waals surface area contributed by atoms with E-state index in [-0.39, 0.29) is 11.7 Å². The zero-order valence-electron chi connectivity index (χ0n) is 16.3. The summed E-state index contributed by atoms with van der Waals surface area (Å²) in [6.07, 6.45) is 2.40. The third kappa shape index (κ3) is 3.74. The second-order valence-corrected chi connectivity index (χ2v) is 8.76. The summed E-state index contributed by atoms with van der Waals surface area (Å²) in [7, 11) is 0. The molecule has 1 amide bonds. The van der Waals surface area contributed by atoms with Crippen LogP contribution in [0.3, 0.4) is 0 Å². The van der Waals surface area contributed by atoms with E-state index in [4.69, 9.17) is 0 Å². The van der Waals surface area contributed by atoms with Gasteiger partial charge in [0.2, 0.25) is 5.91 Å². The van der Waals surface area contributed by atoms with Crippen LogP contribution in [0, 0.1) is 5.82 Å². The van der Waals surface area contributed by atoms with Crippen molar-refractivity contribution in [2.45, 2.75) is 19.3 Å². The van der Waals surface area contributed by atoms with Crippen LogP contribution in [0.2, 0.25) is 0 Å². The summed E-state index contributed by atoms with van der Waals surface area (Å²) in [5, 5.41) is 5.99. The van der Waals surface area contributed by atoms with Crippen molar-refractivity contribution in [3.63, 3.8) is 0 Å². The zero-order valence-corrected chi connectivity index (χ0v) is 17.1. The Morgan fingerprint density at radius 1 is 1.03 bits per heavy atom. The molecule has 4 nitrogen and oxygen atoms in total. The minimum atomic E-state index is -0.126. The number of aryl methyl sites for hydroxylation is 1. The molecule has 2 aromatic carbocycles. The van der Waals surface area contributed by atoms with Crippen LogP contribution in [0.15, 0.2) is 41.8 Å². The highest BCUT2D eigenvalue weighted by molar-refractivity contribution is 7.17. The van der Waals surface area contributed by atoms with Crippen molar-refractivity contribution in [2.24, 2.45) is 0 Å². The minimum Gasteiger partial charge on any atom is -0.368 e. The van der Waals surface area contributed by atoms with Gasteiger partial charge >= 0.3 is 0 Å². The van der Waals surface area contributed by atoms with Crippen molar-refractivity contribution in [1.82, 2.24) is 4.90 Å². The molecule has 3 heterocycles. The first-order chi connectivity index (χ1) is 14.2. The summed E-state index contributed by atoms with van der Waals surface area (Å²) < 4.78 is 14.7. The minimum absolute atomic E-state index is 0.117. The number of hydrogen-bond donors (Lipinski definition) is 1. The summed E-state index contributed by atoms with van der Waals surface area (Å²) in [5.41, 5.74) is 4.64. The molecule has 1 fully saturated rings. The van der Waals surface area contributed by atoms with Gasteiger partial charge < -0.3 is 10.2 Å². The SMILES string of the molecule is O=C1CCc2ccc(CCN3CCN(c4ccc(F)c5sccc45)CC3)cc2N1. The van der Waals surface area contributed by atoms with Crippen LogP contribution in [0.4, 0.5) is 15.8 Å². The van der Waals surface area contributed by atoms with E-state index in [1.807, 2.05) is 17.5 Å². The Kier molecular flexibility index (Phi) is 4.97. The lowest BCUT2D eigenvalue weighted by Crippen LogP contribution is -2.47. The maximum absolute atomic E-state index is 14.0. The highest BCUT2D eigenvalue weighted by Crippen LogP contribution is 2.33. The molecule has 6 heteroatoms. The second kappa shape index (κ2) is 7.76. The lowest BCUT2D eigenvalue weighted by molar-refractivity contribution is -0.116. The predicted molar refractivity (Wildman–Crippen MR) is 118 cm³/mol. The van der Waals surface area contributed by atoms with Crippen molar-refractivity contribution in [2.75, 3.05) is 42.9 Å². The fourth-order valence-corrected chi connectivity index (χ4v) is 5.18. The van der Waals surface area contributed by atoms with Gasteiger partial charge in [-0.05, 0) is 53.6 Å². The number of rotatable bonds is 4. The first-order valence-electron chi connectivity index (χ1n) is 10.2. The number of thiophene rings is 1.